The molecule has 22 heavy (non-hydrogen) atoms. The summed E-state index contributed by atoms with van der Waals surface area (Å²) in [6.45, 7) is 2.37. The van der Waals surface area contributed by atoms with Crippen LogP contribution in [0.3, 0.4) is 0 Å². The molecule has 1 atom stereocenters. The number of hydrogen-bond acceptors (Lipinski definition) is 3. The molecule has 0 aliphatic heterocycles. The number of hydrogen-bond donors (Lipinski definition) is 1. The highest BCUT2D eigenvalue weighted by molar-refractivity contribution is 7.84. The molecule has 1 amide bonds. The molecule has 0 aliphatic rings. The summed E-state index contributed by atoms with van der Waals surface area (Å²) in [6, 6.07) is 9.02. The van der Waals surface area contributed by atoms with Crippen molar-refractivity contribution in [3.63, 3.8) is 0 Å². The first-order valence-electron chi connectivity index (χ1n) is 6.88. The second kappa shape index (κ2) is 7.56. The van der Waals surface area contributed by atoms with Gasteiger partial charge in [-0.25, -0.2) is 4.68 Å². The molecular formula is C15H18ClN3O2S. The van der Waals surface area contributed by atoms with Crippen LogP contribution in [0.15, 0.2) is 30.3 Å². The number of aryl methyl sites for hydroxylation is 1. The molecule has 1 N–H and O–H groups in total. The van der Waals surface area contributed by atoms with Gasteiger partial charge in [0.2, 0.25) is 0 Å². The van der Waals surface area contributed by atoms with E-state index >= 15 is 0 Å². The highest BCUT2D eigenvalue weighted by atomic mass is 35.5. The van der Waals surface area contributed by atoms with Gasteiger partial charge in [0.05, 0.1) is 5.69 Å². The molecule has 2 rings (SSSR count). The first-order valence-corrected chi connectivity index (χ1v) is 8.98. The lowest BCUT2D eigenvalue weighted by atomic mass is 10.3. The van der Waals surface area contributed by atoms with Crippen LogP contribution in [0, 0.1) is 6.92 Å². The van der Waals surface area contributed by atoms with E-state index in [0.717, 1.165) is 11.4 Å². The van der Waals surface area contributed by atoms with Gasteiger partial charge in [-0.15, -0.1) is 0 Å². The Hall–Kier alpha value is -1.66. The van der Waals surface area contributed by atoms with Crippen molar-refractivity contribution in [1.29, 1.82) is 0 Å². The SMILES string of the molecule is Cc1cc(C(=O)NCCC[S@@](C)=O)nn1-c1cccc(Cl)c1. The van der Waals surface area contributed by atoms with Gasteiger partial charge in [0.1, 0.15) is 0 Å². The average Bonchev–Trinajstić information content (AvgIpc) is 2.85. The molecule has 2 aromatic rings. The van der Waals surface area contributed by atoms with Crippen LogP contribution in [0.4, 0.5) is 0 Å². The molecule has 0 bridgehead atoms. The van der Waals surface area contributed by atoms with Crippen LogP contribution in [-0.2, 0) is 10.8 Å². The monoisotopic (exact) mass is 339 g/mol. The van der Waals surface area contributed by atoms with E-state index < -0.39 is 10.8 Å². The molecule has 5 nitrogen and oxygen atoms in total. The number of carbonyl (C=O) groups is 1. The minimum Gasteiger partial charge on any atom is -0.351 e. The first kappa shape index (κ1) is 16.7. The number of aromatic nitrogens is 2. The maximum absolute atomic E-state index is 12.1. The largest absolute Gasteiger partial charge is 0.351 e. The van der Waals surface area contributed by atoms with E-state index in [2.05, 4.69) is 10.4 Å². The van der Waals surface area contributed by atoms with Crippen LogP contribution in [0.25, 0.3) is 5.69 Å². The van der Waals surface area contributed by atoms with Crippen molar-refractivity contribution in [3.05, 3.63) is 46.7 Å². The van der Waals surface area contributed by atoms with E-state index in [1.54, 1.807) is 29.1 Å². The molecular weight excluding hydrogens is 322 g/mol. The number of nitrogens with one attached hydrogen (secondary N) is 1. The second-order valence-corrected chi connectivity index (χ2v) is 6.94. The predicted octanol–water partition coefficient (Wildman–Crippen LogP) is 2.33. The van der Waals surface area contributed by atoms with Gasteiger partial charge in [0.15, 0.2) is 5.69 Å². The van der Waals surface area contributed by atoms with Gasteiger partial charge in [-0.1, -0.05) is 17.7 Å². The van der Waals surface area contributed by atoms with Gasteiger partial charge in [-0.05, 0) is 37.6 Å². The fraction of sp³-hybridized carbons (Fsp3) is 0.333. The maximum Gasteiger partial charge on any atom is 0.271 e. The quantitative estimate of drug-likeness (QED) is 0.821. The van der Waals surface area contributed by atoms with Crippen molar-refractivity contribution in [2.75, 3.05) is 18.6 Å². The Kier molecular flexibility index (Phi) is 5.74. The van der Waals surface area contributed by atoms with E-state index in [4.69, 9.17) is 11.6 Å². The highest BCUT2D eigenvalue weighted by Gasteiger charge is 2.13. The molecule has 118 valence electrons. The van der Waals surface area contributed by atoms with Crippen LogP contribution in [0.2, 0.25) is 5.02 Å². The Morgan fingerprint density at radius 3 is 2.86 bits per heavy atom. The molecule has 7 heteroatoms. The summed E-state index contributed by atoms with van der Waals surface area (Å²) < 4.78 is 12.6. The van der Waals surface area contributed by atoms with Crippen LogP contribution < -0.4 is 5.32 Å². The fourth-order valence-corrected chi connectivity index (χ4v) is 2.76. The number of benzene rings is 1. The van der Waals surface area contributed by atoms with Gasteiger partial charge < -0.3 is 5.32 Å². The van der Waals surface area contributed by atoms with Crippen LogP contribution in [0.5, 0.6) is 0 Å². The number of amides is 1. The Morgan fingerprint density at radius 2 is 2.18 bits per heavy atom. The number of halogens is 1. The topological polar surface area (TPSA) is 64.0 Å². The van der Waals surface area contributed by atoms with Crippen molar-refractivity contribution in [2.24, 2.45) is 0 Å². The molecule has 0 saturated heterocycles. The number of carbonyl (C=O) groups excluding carboxylic acids is 1. The second-order valence-electron chi connectivity index (χ2n) is 4.95. The van der Waals surface area contributed by atoms with E-state index in [9.17, 15) is 9.00 Å². The molecule has 1 heterocycles. The molecule has 0 fully saturated rings. The summed E-state index contributed by atoms with van der Waals surface area (Å²) in [5.74, 6) is 0.349. The summed E-state index contributed by atoms with van der Waals surface area (Å²) in [6.07, 6.45) is 2.33. The Bertz CT molecular complexity index is 700. The molecule has 1 aromatic heterocycles. The normalized spacial score (nSPS) is 12.1. The van der Waals surface area contributed by atoms with Gasteiger partial charge in [-0.2, -0.15) is 5.10 Å². The van der Waals surface area contributed by atoms with E-state index in [0.29, 0.717) is 29.4 Å². The van der Waals surface area contributed by atoms with Crippen molar-refractivity contribution in [3.8, 4) is 5.69 Å². The fourth-order valence-electron chi connectivity index (χ4n) is 2.02. The minimum absolute atomic E-state index is 0.231. The maximum atomic E-state index is 12.1. The van der Waals surface area contributed by atoms with Gasteiger partial charge in [-0.3, -0.25) is 9.00 Å². The molecule has 0 saturated carbocycles. The zero-order valence-corrected chi connectivity index (χ0v) is 14.1. The Labute approximate surface area is 137 Å². The molecule has 0 spiro atoms. The Balaban J connectivity index is 2.06. The van der Waals surface area contributed by atoms with Crippen LogP contribution >= 0.6 is 11.6 Å². The molecule has 1 aromatic carbocycles. The highest BCUT2D eigenvalue weighted by Crippen LogP contribution is 2.16. The standard InChI is InChI=1S/C15H18ClN3O2S/c1-11-9-14(15(20)17-7-4-8-22(2)21)18-19(11)13-6-3-5-12(16)10-13/h3,5-6,9-10H,4,7-8H2,1-2H3,(H,17,20)/t22-/m1/s1. The lowest BCUT2D eigenvalue weighted by Gasteiger charge is -2.04. The van der Waals surface area contributed by atoms with Gasteiger partial charge >= 0.3 is 0 Å². The van der Waals surface area contributed by atoms with Crippen molar-refractivity contribution >= 4 is 28.3 Å². The number of rotatable bonds is 6. The molecule has 0 unspecified atom stereocenters. The van der Waals surface area contributed by atoms with E-state index in [1.807, 2.05) is 19.1 Å². The third-order valence-electron chi connectivity index (χ3n) is 3.07. The summed E-state index contributed by atoms with van der Waals surface area (Å²) in [7, 11) is -0.835. The predicted molar refractivity (Wildman–Crippen MR) is 89.2 cm³/mol. The average molecular weight is 340 g/mol. The lowest BCUT2D eigenvalue weighted by molar-refractivity contribution is 0.0948. The van der Waals surface area contributed by atoms with Crippen LogP contribution in [0.1, 0.15) is 22.6 Å². The molecule has 0 aliphatic carbocycles. The molecule has 0 radical (unpaired) electrons. The zero-order chi connectivity index (χ0) is 16.1. The summed E-state index contributed by atoms with van der Waals surface area (Å²) in [5, 5.41) is 7.72. The summed E-state index contributed by atoms with van der Waals surface area (Å²) in [4.78, 5) is 12.1. The van der Waals surface area contributed by atoms with Crippen LogP contribution in [-0.4, -0.2) is 38.4 Å². The zero-order valence-electron chi connectivity index (χ0n) is 12.5. The van der Waals surface area contributed by atoms with Gasteiger partial charge in [0, 0.05) is 40.1 Å². The minimum atomic E-state index is -0.835. The van der Waals surface area contributed by atoms with Crippen molar-refractivity contribution in [2.45, 2.75) is 13.3 Å². The first-order chi connectivity index (χ1) is 10.5. The smallest absolute Gasteiger partial charge is 0.271 e. The van der Waals surface area contributed by atoms with E-state index in [1.165, 1.54) is 0 Å². The van der Waals surface area contributed by atoms with Crippen molar-refractivity contribution < 1.29 is 9.00 Å². The number of nitrogens with zero attached hydrogens (tertiary/aromatic N) is 2. The third kappa shape index (κ3) is 4.42. The third-order valence-corrected chi connectivity index (χ3v) is 4.17. The lowest BCUT2D eigenvalue weighted by Crippen LogP contribution is -2.25. The van der Waals surface area contributed by atoms with Crippen molar-refractivity contribution in [1.82, 2.24) is 15.1 Å². The summed E-state index contributed by atoms with van der Waals surface area (Å²) in [5.41, 5.74) is 2.02. The Morgan fingerprint density at radius 1 is 1.41 bits per heavy atom. The van der Waals surface area contributed by atoms with Gasteiger partial charge in [0.25, 0.3) is 5.91 Å². The summed E-state index contributed by atoms with van der Waals surface area (Å²) >= 11 is 5.98. The van der Waals surface area contributed by atoms with E-state index in [-0.39, 0.29) is 5.91 Å².